The van der Waals surface area contributed by atoms with Crippen molar-refractivity contribution in [3.8, 4) is 0 Å². The van der Waals surface area contributed by atoms with Gasteiger partial charge in [0.1, 0.15) is 5.82 Å². The number of amides is 1. The predicted octanol–water partition coefficient (Wildman–Crippen LogP) is 5.78. The molecule has 2 heterocycles. The number of carbonyl (C=O) groups excluding carboxylic acids is 1. The minimum Gasteiger partial charge on any atom is -0.348 e. The average molecular weight is 440 g/mol. The van der Waals surface area contributed by atoms with E-state index >= 15 is 0 Å². The van der Waals surface area contributed by atoms with Crippen molar-refractivity contribution in [2.24, 2.45) is 4.99 Å². The summed E-state index contributed by atoms with van der Waals surface area (Å²) in [6.07, 6.45) is 3.40. The van der Waals surface area contributed by atoms with Gasteiger partial charge in [-0.1, -0.05) is 30.0 Å². The molecular formula is C26H18FN3OS. The number of hydrogen-bond acceptors (Lipinski definition) is 4. The van der Waals surface area contributed by atoms with Crippen molar-refractivity contribution in [2.45, 2.75) is 16.3 Å². The Bertz CT molecular complexity index is 1320. The summed E-state index contributed by atoms with van der Waals surface area (Å²) < 4.78 is 13.5. The van der Waals surface area contributed by atoms with E-state index in [4.69, 9.17) is 4.99 Å². The van der Waals surface area contributed by atoms with E-state index in [1.807, 2.05) is 48.5 Å². The molecule has 0 unspecified atom stereocenters. The Morgan fingerprint density at radius 3 is 2.50 bits per heavy atom. The molecule has 0 saturated heterocycles. The number of carbonyl (C=O) groups is 1. The molecule has 156 valence electrons. The number of rotatable bonds is 4. The maximum absolute atomic E-state index is 13.5. The minimum absolute atomic E-state index is 0.171. The maximum atomic E-state index is 13.5. The molecule has 4 nitrogen and oxygen atoms in total. The highest BCUT2D eigenvalue weighted by molar-refractivity contribution is 7.99. The number of hydrogen-bond donors (Lipinski definition) is 1. The smallest absolute Gasteiger partial charge is 0.251 e. The van der Waals surface area contributed by atoms with Gasteiger partial charge in [0.15, 0.2) is 0 Å². The molecule has 0 aliphatic carbocycles. The summed E-state index contributed by atoms with van der Waals surface area (Å²) in [5.74, 6) is -0.464. The fraction of sp³-hybridized carbons (Fsp3) is 0.0385. The van der Waals surface area contributed by atoms with E-state index in [1.54, 1.807) is 42.4 Å². The summed E-state index contributed by atoms with van der Waals surface area (Å²) in [7, 11) is 0. The van der Waals surface area contributed by atoms with E-state index < -0.39 is 0 Å². The molecular weight excluding hydrogens is 421 g/mol. The third-order valence-corrected chi connectivity index (χ3v) is 6.28. The molecule has 1 aliphatic heterocycles. The third kappa shape index (κ3) is 4.18. The second kappa shape index (κ2) is 8.77. The summed E-state index contributed by atoms with van der Waals surface area (Å²) in [6, 6.07) is 23.6. The summed E-state index contributed by atoms with van der Waals surface area (Å²) in [4.78, 5) is 23.7. The first kappa shape index (κ1) is 20.2. The van der Waals surface area contributed by atoms with E-state index in [9.17, 15) is 9.18 Å². The summed E-state index contributed by atoms with van der Waals surface area (Å²) >= 11 is 1.61. The van der Waals surface area contributed by atoms with Crippen LogP contribution in [0, 0.1) is 5.82 Å². The van der Waals surface area contributed by atoms with Gasteiger partial charge in [-0.2, -0.15) is 0 Å². The Hall–Kier alpha value is -3.77. The van der Waals surface area contributed by atoms with Crippen molar-refractivity contribution in [3.63, 3.8) is 0 Å². The monoisotopic (exact) mass is 439 g/mol. The number of pyridine rings is 1. The van der Waals surface area contributed by atoms with Crippen LogP contribution in [0.25, 0.3) is 0 Å². The molecule has 1 aromatic heterocycles. The van der Waals surface area contributed by atoms with Gasteiger partial charge in [0.25, 0.3) is 5.91 Å². The second-order valence-electron chi connectivity index (χ2n) is 7.29. The van der Waals surface area contributed by atoms with Crippen LogP contribution in [-0.4, -0.2) is 16.6 Å². The molecule has 0 radical (unpaired) electrons. The highest BCUT2D eigenvalue weighted by atomic mass is 32.2. The summed E-state index contributed by atoms with van der Waals surface area (Å²) in [6.45, 7) is 0.419. The molecule has 0 fully saturated rings. The van der Waals surface area contributed by atoms with Gasteiger partial charge in [0.2, 0.25) is 0 Å². The van der Waals surface area contributed by atoms with Gasteiger partial charge in [-0.3, -0.25) is 9.78 Å². The first-order chi connectivity index (χ1) is 15.7. The molecule has 0 saturated carbocycles. The number of aliphatic imine (C=N–C) groups is 1. The summed E-state index contributed by atoms with van der Waals surface area (Å²) in [5.41, 5.74) is 4.77. The highest BCUT2D eigenvalue weighted by Crippen LogP contribution is 2.41. The molecule has 6 heteroatoms. The van der Waals surface area contributed by atoms with Crippen LogP contribution in [0.1, 0.15) is 27.0 Å². The quantitative estimate of drug-likeness (QED) is 0.386. The fourth-order valence-corrected chi connectivity index (χ4v) is 4.50. The van der Waals surface area contributed by atoms with Gasteiger partial charge >= 0.3 is 0 Å². The lowest BCUT2D eigenvalue weighted by Crippen LogP contribution is -2.22. The van der Waals surface area contributed by atoms with Crippen LogP contribution >= 0.6 is 11.8 Å². The number of fused-ring (bicyclic) bond motifs is 2. The highest BCUT2D eigenvalue weighted by Gasteiger charge is 2.20. The molecule has 5 rings (SSSR count). The van der Waals surface area contributed by atoms with Crippen LogP contribution in [0.4, 0.5) is 10.1 Å². The first-order valence-electron chi connectivity index (χ1n) is 10.1. The van der Waals surface area contributed by atoms with Crippen LogP contribution in [0.3, 0.4) is 0 Å². The van der Waals surface area contributed by atoms with Crippen molar-refractivity contribution >= 4 is 29.1 Å². The Morgan fingerprint density at radius 1 is 0.906 bits per heavy atom. The zero-order valence-electron chi connectivity index (χ0n) is 17.0. The van der Waals surface area contributed by atoms with Gasteiger partial charge in [0.05, 0.1) is 11.4 Å². The number of benzene rings is 3. The molecule has 0 spiro atoms. The van der Waals surface area contributed by atoms with Crippen LogP contribution in [0.5, 0.6) is 0 Å². The van der Waals surface area contributed by atoms with E-state index in [1.165, 1.54) is 12.1 Å². The SMILES string of the molecule is O=C(NCc1ccncc1)c1ccc2c(c1)N=C(c1ccc(F)cc1)c1ccccc1S2. The van der Waals surface area contributed by atoms with E-state index in [2.05, 4.69) is 10.3 Å². The summed E-state index contributed by atoms with van der Waals surface area (Å²) in [5, 5.41) is 2.94. The standard InChI is InChI=1S/C26H18FN3OS/c27-20-8-5-18(6-9-20)25-21-3-1-2-4-23(21)32-24-10-7-19(15-22(24)30-25)26(31)29-16-17-11-13-28-14-12-17/h1-15H,16H2,(H,29,31). The molecule has 1 amide bonds. The first-order valence-corrected chi connectivity index (χ1v) is 10.9. The van der Waals surface area contributed by atoms with Crippen molar-refractivity contribution in [1.82, 2.24) is 10.3 Å². The fourth-order valence-electron chi connectivity index (χ4n) is 3.50. The lowest BCUT2D eigenvalue weighted by Gasteiger charge is -2.09. The van der Waals surface area contributed by atoms with Crippen molar-refractivity contribution in [2.75, 3.05) is 0 Å². The Labute approximate surface area is 189 Å². The van der Waals surface area contributed by atoms with Gasteiger partial charge in [0, 0.05) is 45.4 Å². The number of nitrogens with one attached hydrogen (secondary N) is 1. The third-order valence-electron chi connectivity index (χ3n) is 5.14. The van der Waals surface area contributed by atoms with Crippen LogP contribution in [0.2, 0.25) is 0 Å². The van der Waals surface area contributed by atoms with Gasteiger partial charge < -0.3 is 5.32 Å². The molecule has 32 heavy (non-hydrogen) atoms. The molecule has 0 bridgehead atoms. The number of halogens is 1. The largest absolute Gasteiger partial charge is 0.348 e. The van der Waals surface area contributed by atoms with Gasteiger partial charge in [-0.05, 0) is 66.2 Å². The van der Waals surface area contributed by atoms with Crippen LogP contribution in [-0.2, 0) is 6.54 Å². The number of nitrogens with zero attached hydrogens (tertiary/aromatic N) is 2. The minimum atomic E-state index is -0.292. The van der Waals surface area contributed by atoms with Crippen LogP contribution < -0.4 is 5.32 Å². The topological polar surface area (TPSA) is 54.4 Å². The van der Waals surface area contributed by atoms with Crippen molar-refractivity contribution in [3.05, 3.63) is 119 Å². The molecule has 1 aliphatic rings. The normalized spacial score (nSPS) is 12.2. The molecule has 3 aromatic carbocycles. The van der Waals surface area contributed by atoms with Gasteiger partial charge in [-0.15, -0.1) is 0 Å². The number of aromatic nitrogens is 1. The predicted molar refractivity (Wildman–Crippen MR) is 124 cm³/mol. The molecule has 1 N–H and O–H groups in total. The zero-order valence-corrected chi connectivity index (χ0v) is 17.8. The van der Waals surface area contributed by atoms with Crippen LogP contribution in [0.15, 0.2) is 106 Å². The van der Waals surface area contributed by atoms with E-state index in [0.29, 0.717) is 17.8 Å². The second-order valence-corrected chi connectivity index (χ2v) is 8.37. The zero-order chi connectivity index (χ0) is 21.9. The lowest BCUT2D eigenvalue weighted by atomic mass is 10.0. The lowest BCUT2D eigenvalue weighted by molar-refractivity contribution is 0.0951. The van der Waals surface area contributed by atoms with E-state index in [0.717, 1.165) is 32.2 Å². The molecule has 4 aromatic rings. The van der Waals surface area contributed by atoms with Crippen molar-refractivity contribution < 1.29 is 9.18 Å². The van der Waals surface area contributed by atoms with Crippen molar-refractivity contribution in [1.29, 1.82) is 0 Å². The van der Waals surface area contributed by atoms with Gasteiger partial charge in [-0.25, -0.2) is 9.38 Å². The maximum Gasteiger partial charge on any atom is 0.251 e. The Kier molecular flexibility index (Phi) is 5.52. The molecule has 0 atom stereocenters. The Morgan fingerprint density at radius 2 is 1.69 bits per heavy atom. The Balaban J connectivity index is 1.51. The average Bonchev–Trinajstić information content (AvgIpc) is 3.00. The van der Waals surface area contributed by atoms with E-state index in [-0.39, 0.29) is 11.7 Å².